The summed E-state index contributed by atoms with van der Waals surface area (Å²) in [4.78, 5) is 26.2. The number of piperazine rings is 1. The molecule has 0 saturated carbocycles. The first-order valence-corrected chi connectivity index (χ1v) is 10.6. The lowest BCUT2D eigenvalue weighted by Gasteiger charge is -2.37. The number of aromatic nitrogens is 2. The van der Waals surface area contributed by atoms with Crippen LogP contribution in [0, 0.1) is 11.3 Å². The average molecular weight is 436 g/mol. The molecule has 0 N–H and O–H groups in total. The molecule has 1 aliphatic heterocycles. The summed E-state index contributed by atoms with van der Waals surface area (Å²) < 4.78 is 5.12. The van der Waals surface area contributed by atoms with Crippen LogP contribution < -0.4 is 9.80 Å². The third-order valence-corrected chi connectivity index (χ3v) is 5.49. The summed E-state index contributed by atoms with van der Waals surface area (Å²) in [5, 5.41) is 10.4. The third-order valence-electron chi connectivity index (χ3n) is 5.26. The van der Waals surface area contributed by atoms with Crippen LogP contribution in [0.25, 0.3) is 11.0 Å². The molecule has 0 bridgehead atoms. The Morgan fingerprint density at radius 3 is 2.42 bits per heavy atom. The number of carbonyl (C=O) groups is 1. The molecule has 2 heterocycles. The van der Waals surface area contributed by atoms with Crippen LogP contribution in [-0.4, -0.2) is 48.7 Å². The van der Waals surface area contributed by atoms with E-state index in [4.69, 9.17) is 21.3 Å². The van der Waals surface area contributed by atoms with E-state index in [1.807, 2.05) is 48.5 Å². The van der Waals surface area contributed by atoms with Gasteiger partial charge < -0.3 is 14.5 Å². The fourth-order valence-corrected chi connectivity index (χ4v) is 3.92. The maximum atomic E-state index is 12.5. The molecular formula is C23H22ClN5O2. The van der Waals surface area contributed by atoms with E-state index in [9.17, 15) is 10.1 Å². The van der Waals surface area contributed by atoms with Crippen LogP contribution in [-0.2, 0) is 9.53 Å². The molecule has 1 aromatic heterocycles. The summed E-state index contributed by atoms with van der Waals surface area (Å²) in [7, 11) is 0. The molecule has 1 saturated heterocycles. The van der Waals surface area contributed by atoms with Crippen LogP contribution in [0.1, 0.15) is 18.5 Å². The lowest BCUT2D eigenvalue weighted by atomic mass is 10.1. The molecule has 0 radical (unpaired) electrons. The van der Waals surface area contributed by atoms with E-state index in [2.05, 4.69) is 20.9 Å². The van der Waals surface area contributed by atoms with Gasteiger partial charge in [-0.1, -0.05) is 29.8 Å². The number of carbonyl (C=O) groups excluding carboxylic acids is 1. The van der Waals surface area contributed by atoms with Crippen molar-refractivity contribution in [3.8, 4) is 6.07 Å². The summed E-state index contributed by atoms with van der Waals surface area (Å²) in [5.74, 6) is -1.17. The van der Waals surface area contributed by atoms with Gasteiger partial charge in [0.2, 0.25) is 0 Å². The minimum Gasteiger partial charge on any atom is -0.465 e. The van der Waals surface area contributed by atoms with E-state index in [1.54, 1.807) is 6.92 Å². The lowest BCUT2D eigenvalue weighted by Crippen LogP contribution is -2.47. The van der Waals surface area contributed by atoms with Gasteiger partial charge in [0.25, 0.3) is 0 Å². The fourth-order valence-electron chi connectivity index (χ4n) is 3.73. The highest BCUT2D eigenvalue weighted by Gasteiger charge is 2.31. The van der Waals surface area contributed by atoms with Crippen molar-refractivity contribution < 1.29 is 9.53 Å². The molecule has 7 nitrogen and oxygen atoms in total. The lowest BCUT2D eigenvalue weighted by molar-refractivity contribution is -0.143. The molecule has 1 unspecified atom stereocenters. The predicted octanol–water partition coefficient (Wildman–Crippen LogP) is 3.78. The summed E-state index contributed by atoms with van der Waals surface area (Å²) >= 11 is 6.14. The average Bonchev–Trinajstić information content (AvgIpc) is 2.79. The maximum Gasteiger partial charge on any atom is 0.329 e. The Bertz CT molecular complexity index is 1140. The number of fused-ring (bicyclic) bond motifs is 1. The molecule has 2 aromatic carbocycles. The Balaban J connectivity index is 1.66. The van der Waals surface area contributed by atoms with Gasteiger partial charge in [0.05, 0.1) is 23.7 Å². The summed E-state index contributed by atoms with van der Waals surface area (Å²) in [6.45, 7) is 4.77. The topological polar surface area (TPSA) is 82.3 Å². The Morgan fingerprint density at radius 2 is 1.77 bits per heavy atom. The normalized spacial score (nSPS) is 14.9. The Labute approximate surface area is 185 Å². The summed E-state index contributed by atoms with van der Waals surface area (Å²) in [6, 6.07) is 17.3. The van der Waals surface area contributed by atoms with E-state index in [0.717, 1.165) is 24.3 Å². The number of benzene rings is 2. The number of nitrogens with zero attached hydrogens (tertiary/aromatic N) is 5. The van der Waals surface area contributed by atoms with E-state index in [-0.39, 0.29) is 6.61 Å². The van der Waals surface area contributed by atoms with Crippen LogP contribution >= 0.6 is 11.6 Å². The zero-order valence-electron chi connectivity index (χ0n) is 17.2. The third kappa shape index (κ3) is 4.39. The first-order valence-electron chi connectivity index (χ1n) is 10.2. The van der Waals surface area contributed by atoms with Crippen molar-refractivity contribution in [1.29, 1.82) is 5.26 Å². The molecular weight excluding hydrogens is 414 g/mol. The van der Waals surface area contributed by atoms with Gasteiger partial charge in [-0.05, 0) is 37.3 Å². The number of hydrogen-bond donors (Lipinski definition) is 0. The zero-order chi connectivity index (χ0) is 21.8. The van der Waals surface area contributed by atoms with Crippen LogP contribution in [0.5, 0.6) is 0 Å². The number of esters is 1. The van der Waals surface area contributed by atoms with Crippen molar-refractivity contribution >= 4 is 40.1 Å². The summed E-state index contributed by atoms with van der Waals surface area (Å²) in [5.41, 5.74) is 2.77. The molecule has 1 atom stereocenters. The maximum absolute atomic E-state index is 12.5. The molecule has 1 aliphatic rings. The van der Waals surface area contributed by atoms with Gasteiger partial charge >= 0.3 is 5.97 Å². The van der Waals surface area contributed by atoms with Gasteiger partial charge in [-0.2, -0.15) is 5.26 Å². The molecule has 1 fully saturated rings. The number of anilines is 2. The fraction of sp³-hybridized carbons (Fsp3) is 0.304. The SMILES string of the molecule is CCOC(=O)C(C#N)c1nc2ccccc2nc1N1CCN(c2cccc(Cl)c2)CC1. The van der Waals surface area contributed by atoms with Gasteiger partial charge in [0.1, 0.15) is 5.69 Å². The Morgan fingerprint density at radius 1 is 1.10 bits per heavy atom. The first-order chi connectivity index (χ1) is 15.1. The number of ether oxygens (including phenoxy) is 1. The number of rotatable bonds is 5. The van der Waals surface area contributed by atoms with Gasteiger partial charge in [0.15, 0.2) is 11.7 Å². The van der Waals surface area contributed by atoms with Crippen LogP contribution in [0.3, 0.4) is 0 Å². The largest absolute Gasteiger partial charge is 0.465 e. The quantitative estimate of drug-likeness (QED) is 0.564. The van der Waals surface area contributed by atoms with Crippen LogP contribution in [0.2, 0.25) is 5.02 Å². The highest BCUT2D eigenvalue weighted by Crippen LogP contribution is 2.29. The second-order valence-corrected chi connectivity index (χ2v) is 7.63. The second kappa shape index (κ2) is 9.19. The van der Waals surface area contributed by atoms with Crippen LogP contribution in [0.15, 0.2) is 48.5 Å². The molecule has 4 rings (SSSR count). The monoisotopic (exact) mass is 435 g/mol. The zero-order valence-corrected chi connectivity index (χ0v) is 17.9. The van der Waals surface area contributed by atoms with Crippen molar-refractivity contribution in [3.63, 3.8) is 0 Å². The molecule has 3 aromatic rings. The highest BCUT2D eigenvalue weighted by atomic mass is 35.5. The molecule has 0 amide bonds. The number of halogens is 1. The number of para-hydroxylation sites is 2. The standard InChI is InChI=1S/C23H22ClN5O2/c1-2-31-23(30)18(15-25)21-22(27-20-9-4-3-8-19(20)26-21)29-12-10-28(11-13-29)17-7-5-6-16(24)14-17/h3-9,14,18H,2,10-13H2,1H3. The molecule has 31 heavy (non-hydrogen) atoms. The second-order valence-electron chi connectivity index (χ2n) is 7.19. The van der Waals surface area contributed by atoms with E-state index >= 15 is 0 Å². The Kier molecular flexibility index (Phi) is 6.19. The minimum absolute atomic E-state index is 0.200. The van der Waals surface area contributed by atoms with Gasteiger partial charge in [-0.15, -0.1) is 0 Å². The summed E-state index contributed by atoms with van der Waals surface area (Å²) in [6.07, 6.45) is 0. The van der Waals surface area contributed by atoms with Crippen molar-refractivity contribution in [1.82, 2.24) is 9.97 Å². The highest BCUT2D eigenvalue weighted by molar-refractivity contribution is 6.30. The van der Waals surface area contributed by atoms with E-state index in [1.165, 1.54) is 0 Å². The van der Waals surface area contributed by atoms with Gasteiger partial charge in [0, 0.05) is 36.9 Å². The Hall–Kier alpha value is -3.37. The number of hydrogen-bond acceptors (Lipinski definition) is 7. The predicted molar refractivity (Wildman–Crippen MR) is 120 cm³/mol. The molecule has 158 valence electrons. The smallest absolute Gasteiger partial charge is 0.329 e. The van der Waals surface area contributed by atoms with Crippen molar-refractivity contribution in [2.24, 2.45) is 0 Å². The minimum atomic E-state index is -1.13. The van der Waals surface area contributed by atoms with E-state index in [0.29, 0.717) is 35.1 Å². The molecule has 0 spiro atoms. The van der Waals surface area contributed by atoms with Crippen molar-refractivity contribution in [3.05, 3.63) is 59.2 Å². The number of nitriles is 1. The molecule has 0 aliphatic carbocycles. The van der Waals surface area contributed by atoms with E-state index < -0.39 is 11.9 Å². The van der Waals surface area contributed by atoms with Crippen LogP contribution in [0.4, 0.5) is 11.5 Å². The van der Waals surface area contributed by atoms with Crippen molar-refractivity contribution in [2.45, 2.75) is 12.8 Å². The van der Waals surface area contributed by atoms with Gasteiger partial charge in [-0.25, -0.2) is 9.97 Å². The molecule has 8 heteroatoms. The van der Waals surface area contributed by atoms with Crippen molar-refractivity contribution in [2.75, 3.05) is 42.6 Å². The first kappa shape index (κ1) is 20.9. The van der Waals surface area contributed by atoms with Gasteiger partial charge in [-0.3, -0.25) is 4.79 Å².